The number of benzene rings is 1. The molecule has 0 aliphatic rings. The fourth-order valence-electron chi connectivity index (χ4n) is 1.37. The molecule has 0 unspecified atom stereocenters. The molecular formula is C12H7NO. The largest absolute Gasteiger partial charge is 0.279 e. The third-order valence-corrected chi connectivity index (χ3v) is 2.01. The van der Waals surface area contributed by atoms with Crippen molar-refractivity contribution in [1.82, 2.24) is 4.98 Å². The fraction of sp³-hybridized carbons (Fsp3) is 0. The molecule has 1 aromatic carbocycles. The van der Waals surface area contributed by atoms with Crippen molar-refractivity contribution in [2.45, 2.75) is 0 Å². The molecule has 0 bridgehead atoms. The van der Waals surface area contributed by atoms with Gasteiger partial charge in [-0.05, 0) is 18.1 Å². The molecule has 2 rings (SSSR count). The molecule has 14 heavy (non-hydrogen) atoms. The van der Waals surface area contributed by atoms with Crippen molar-refractivity contribution in [3.63, 3.8) is 0 Å². The van der Waals surface area contributed by atoms with Gasteiger partial charge in [0.15, 0.2) is 0 Å². The van der Waals surface area contributed by atoms with Crippen LogP contribution in [-0.2, 0) is 0 Å². The summed E-state index contributed by atoms with van der Waals surface area (Å²) in [5.74, 6) is 1.77. The first kappa shape index (κ1) is 8.46. The van der Waals surface area contributed by atoms with Gasteiger partial charge in [-0.25, -0.2) is 0 Å². The highest BCUT2D eigenvalue weighted by molar-refractivity contribution is 6.15. The topological polar surface area (TPSA) is 30.0 Å². The number of carbonyl (C=O) groups is 1. The Morgan fingerprint density at radius 2 is 2.07 bits per heavy atom. The summed E-state index contributed by atoms with van der Waals surface area (Å²) in [6.07, 6.45) is 6.72. The van der Waals surface area contributed by atoms with Crippen molar-refractivity contribution in [3.8, 4) is 12.3 Å². The number of terminal acetylenes is 1. The maximum Gasteiger partial charge on any atom is 0.237 e. The summed E-state index contributed by atoms with van der Waals surface area (Å²) < 4.78 is 0. The van der Waals surface area contributed by atoms with Crippen LogP contribution in [0.1, 0.15) is 10.4 Å². The second-order valence-corrected chi connectivity index (χ2v) is 2.85. The number of Topliss-reactive ketones (excluding diaryl/α,β-unsaturated/α-hetero) is 1. The molecule has 0 amide bonds. The lowest BCUT2D eigenvalue weighted by molar-refractivity contribution is 0.105. The number of nitrogens with zero attached hydrogens (tertiary/aromatic N) is 1. The van der Waals surface area contributed by atoms with Gasteiger partial charge in [0.1, 0.15) is 0 Å². The molecular weight excluding hydrogens is 174 g/mol. The molecule has 0 aliphatic carbocycles. The number of carbonyl (C=O) groups excluding carboxylic acids is 1. The summed E-state index contributed by atoms with van der Waals surface area (Å²) in [7, 11) is 0. The first-order valence-corrected chi connectivity index (χ1v) is 4.17. The van der Waals surface area contributed by atoms with Gasteiger partial charge >= 0.3 is 0 Å². The van der Waals surface area contributed by atoms with Gasteiger partial charge in [0.2, 0.25) is 5.78 Å². The first-order valence-electron chi connectivity index (χ1n) is 4.17. The van der Waals surface area contributed by atoms with E-state index in [1.807, 2.05) is 18.2 Å². The average molecular weight is 181 g/mol. The lowest BCUT2D eigenvalue weighted by Gasteiger charge is -1.99. The zero-order valence-corrected chi connectivity index (χ0v) is 7.40. The molecule has 2 nitrogen and oxygen atoms in total. The second-order valence-electron chi connectivity index (χ2n) is 2.85. The van der Waals surface area contributed by atoms with Gasteiger partial charge in [0, 0.05) is 11.6 Å². The highest BCUT2D eigenvalue weighted by Gasteiger charge is 2.06. The number of hydrogen-bond acceptors (Lipinski definition) is 2. The number of aromatic nitrogens is 1. The molecule has 0 radical (unpaired) electrons. The van der Waals surface area contributed by atoms with Crippen LogP contribution >= 0.6 is 0 Å². The SMILES string of the molecule is C#CC(=O)c1cccc2cccnc12. The molecule has 66 valence electrons. The van der Waals surface area contributed by atoms with Gasteiger partial charge in [-0.2, -0.15) is 0 Å². The molecule has 2 aromatic rings. The van der Waals surface area contributed by atoms with Crippen molar-refractivity contribution in [1.29, 1.82) is 0 Å². The van der Waals surface area contributed by atoms with E-state index in [1.165, 1.54) is 0 Å². The molecule has 1 heterocycles. The Balaban J connectivity index is 2.79. The maximum atomic E-state index is 11.4. The molecule has 0 saturated heterocycles. The number of rotatable bonds is 1. The first-order chi connectivity index (χ1) is 6.83. The standard InChI is InChI=1S/C12H7NO/c1-2-11(14)10-7-3-5-9-6-4-8-13-12(9)10/h1,3-8H. The molecule has 0 aliphatic heterocycles. The number of ketones is 1. The quantitative estimate of drug-likeness (QED) is 0.383. The number of para-hydroxylation sites is 1. The minimum atomic E-state index is -0.325. The predicted octanol–water partition coefficient (Wildman–Crippen LogP) is 2.05. The van der Waals surface area contributed by atoms with Gasteiger partial charge in [-0.3, -0.25) is 9.78 Å². The van der Waals surface area contributed by atoms with Gasteiger partial charge in [0.25, 0.3) is 0 Å². The number of fused-ring (bicyclic) bond motifs is 1. The average Bonchev–Trinajstić information content (AvgIpc) is 2.27. The Morgan fingerprint density at radius 3 is 2.86 bits per heavy atom. The second kappa shape index (κ2) is 3.31. The van der Waals surface area contributed by atoms with Crippen LogP contribution in [0.2, 0.25) is 0 Å². The molecule has 0 saturated carbocycles. The van der Waals surface area contributed by atoms with E-state index in [-0.39, 0.29) is 5.78 Å². The van der Waals surface area contributed by atoms with E-state index in [4.69, 9.17) is 6.42 Å². The zero-order valence-electron chi connectivity index (χ0n) is 7.40. The van der Waals surface area contributed by atoms with Gasteiger partial charge in [-0.1, -0.05) is 18.2 Å². The van der Waals surface area contributed by atoms with Crippen molar-refractivity contribution >= 4 is 16.7 Å². The minimum absolute atomic E-state index is 0.325. The van der Waals surface area contributed by atoms with Crippen LogP contribution in [0, 0.1) is 12.3 Å². The highest BCUT2D eigenvalue weighted by atomic mass is 16.1. The van der Waals surface area contributed by atoms with E-state index in [2.05, 4.69) is 10.9 Å². The Morgan fingerprint density at radius 1 is 1.29 bits per heavy atom. The van der Waals surface area contributed by atoms with E-state index in [0.29, 0.717) is 11.1 Å². The maximum absolute atomic E-state index is 11.4. The van der Waals surface area contributed by atoms with E-state index in [0.717, 1.165) is 5.39 Å². The molecule has 0 fully saturated rings. The van der Waals surface area contributed by atoms with E-state index < -0.39 is 0 Å². The third kappa shape index (κ3) is 1.25. The van der Waals surface area contributed by atoms with Crippen LogP contribution in [0.4, 0.5) is 0 Å². The summed E-state index contributed by atoms with van der Waals surface area (Å²) in [6.45, 7) is 0. The van der Waals surface area contributed by atoms with Crippen LogP contribution in [0.3, 0.4) is 0 Å². The summed E-state index contributed by atoms with van der Waals surface area (Å²) in [5.41, 5.74) is 1.16. The summed E-state index contributed by atoms with van der Waals surface area (Å²) in [6, 6.07) is 9.11. The third-order valence-electron chi connectivity index (χ3n) is 2.01. The summed E-state index contributed by atoms with van der Waals surface area (Å²) >= 11 is 0. The molecule has 2 heteroatoms. The summed E-state index contributed by atoms with van der Waals surface area (Å²) in [5, 5.41) is 0.925. The smallest absolute Gasteiger partial charge is 0.237 e. The van der Waals surface area contributed by atoms with Crippen molar-refractivity contribution in [2.75, 3.05) is 0 Å². The molecule has 0 N–H and O–H groups in total. The highest BCUT2D eigenvalue weighted by Crippen LogP contribution is 2.15. The molecule has 0 atom stereocenters. The fourth-order valence-corrected chi connectivity index (χ4v) is 1.37. The van der Waals surface area contributed by atoms with Crippen LogP contribution in [0.5, 0.6) is 0 Å². The number of pyridine rings is 1. The lowest BCUT2D eigenvalue weighted by Crippen LogP contribution is -1.96. The van der Waals surface area contributed by atoms with E-state index in [1.54, 1.807) is 18.3 Å². The Hall–Kier alpha value is -2.14. The zero-order chi connectivity index (χ0) is 9.97. The van der Waals surface area contributed by atoms with Crippen molar-refractivity contribution in [2.24, 2.45) is 0 Å². The van der Waals surface area contributed by atoms with Gasteiger partial charge in [0.05, 0.1) is 11.1 Å². The van der Waals surface area contributed by atoms with Crippen LogP contribution in [-0.4, -0.2) is 10.8 Å². The monoisotopic (exact) mass is 181 g/mol. The summed E-state index contributed by atoms with van der Waals surface area (Å²) in [4.78, 5) is 15.5. The van der Waals surface area contributed by atoms with Crippen LogP contribution in [0.15, 0.2) is 36.5 Å². The Kier molecular flexibility index (Phi) is 2.00. The molecule has 1 aromatic heterocycles. The van der Waals surface area contributed by atoms with Gasteiger partial charge < -0.3 is 0 Å². The number of hydrogen-bond donors (Lipinski definition) is 0. The van der Waals surface area contributed by atoms with E-state index in [9.17, 15) is 4.79 Å². The Labute approximate surface area is 81.6 Å². The predicted molar refractivity (Wildman–Crippen MR) is 54.9 cm³/mol. The van der Waals surface area contributed by atoms with Crippen LogP contribution < -0.4 is 0 Å². The van der Waals surface area contributed by atoms with Crippen LogP contribution in [0.25, 0.3) is 10.9 Å². The minimum Gasteiger partial charge on any atom is -0.279 e. The lowest BCUT2D eigenvalue weighted by atomic mass is 10.1. The normalized spacial score (nSPS) is 9.64. The van der Waals surface area contributed by atoms with Crippen molar-refractivity contribution < 1.29 is 4.79 Å². The molecule has 0 spiro atoms. The Bertz CT molecular complexity index is 532. The van der Waals surface area contributed by atoms with E-state index >= 15 is 0 Å². The van der Waals surface area contributed by atoms with Gasteiger partial charge in [-0.15, -0.1) is 6.42 Å². The van der Waals surface area contributed by atoms with Crippen molar-refractivity contribution in [3.05, 3.63) is 42.1 Å².